The van der Waals surface area contributed by atoms with Crippen molar-refractivity contribution in [1.29, 1.82) is 0 Å². The SMILES string of the molecule is COc1ccc2c(CF)cc(=O)oc2c1. The zero-order valence-corrected chi connectivity index (χ0v) is 8.12. The van der Waals surface area contributed by atoms with E-state index in [-0.39, 0.29) is 0 Å². The fourth-order valence-corrected chi connectivity index (χ4v) is 1.45. The number of fused-ring (bicyclic) bond motifs is 1. The molecule has 0 N–H and O–H groups in total. The van der Waals surface area contributed by atoms with Gasteiger partial charge in [0.15, 0.2) is 0 Å². The van der Waals surface area contributed by atoms with Gasteiger partial charge >= 0.3 is 5.63 Å². The van der Waals surface area contributed by atoms with Crippen LogP contribution in [0.15, 0.2) is 33.5 Å². The molecule has 2 rings (SSSR count). The predicted octanol–water partition coefficient (Wildman–Crippen LogP) is 2.27. The van der Waals surface area contributed by atoms with Crippen molar-refractivity contribution in [2.24, 2.45) is 0 Å². The molecule has 0 unspecified atom stereocenters. The quantitative estimate of drug-likeness (QED) is 0.710. The van der Waals surface area contributed by atoms with Gasteiger partial charge in [0.2, 0.25) is 0 Å². The Morgan fingerprint density at radius 3 is 2.87 bits per heavy atom. The van der Waals surface area contributed by atoms with Gasteiger partial charge in [0.1, 0.15) is 18.0 Å². The predicted molar refractivity (Wildman–Crippen MR) is 53.8 cm³/mol. The molecule has 0 bridgehead atoms. The van der Waals surface area contributed by atoms with Crippen molar-refractivity contribution in [1.82, 2.24) is 0 Å². The number of methoxy groups -OCH3 is 1. The first-order valence-electron chi connectivity index (χ1n) is 4.41. The summed E-state index contributed by atoms with van der Waals surface area (Å²) in [4.78, 5) is 11.1. The van der Waals surface area contributed by atoms with Gasteiger partial charge in [-0.15, -0.1) is 0 Å². The highest BCUT2D eigenvalue weighted by molar-refractivity contribution is 5.81. The lowest BCUT2D eigenvalue weighted by Crippen LogP contribution is -1.99. The van der Waals surface area contributed by atoms with Gasteiger partial charge in [0.25, 0.3) is 0 Å². The lowest BCUT2D eigenvalue weighted by molar-refractivity contribution is 0.414. The van der Waals surface area contributed by atoms with Crippen molar-refractivity contribution in [3.63, 3.8) is 0 Å². The summed E-state index contributed by atoms with van der Waals surface area (Å²) in [5.41, 5.74) is 0.127. The van der Waals surface area contributed by atoms with Gasteiger partial charge in [-0.3, -0.25) is 0 Å². The molecular formula is C11H9FO3. The van der Waals surface area contributed by atoms with Crippen molar-refractivity contribution in [3.05, 3.63) is 40.2 Å². The molecule has 1 aromatic carbocycles. The maximum atomic E-state index is 12.6. The molecule has 0 spiro atoms. The maximum absolute atomic E-state index is 12.6. The average Bonchev–Trinajstić information content (AvgIpc) is 2.26. The Bertz CT molecular complexity index is 545. The largest absolute Gasteiger partial charge is 0.497 e. The highest BCUT2D eigenvalue weighted by Gasteiger charge is 2.06. The van der Waals surface area contributed by atoms with Crippen LogP contribution in [0.4, 0.5) is 4.39 Å². The molecule has 0 atom stereocenters. The molecule has 0 saturated carbocycles. The van der Waals surface area contributed by atoms with Gasteiger partial charge in [-0.2, -0.15) is 0 Å². The Kier molecular flexibility index (Phi) is 2.41. The summed E-state index contributed by atoms with van der Waals surface area (Å²) in [6.45, 7) is -0.686. The number of benzene rings is 1. The average molecular weight is 208 g/mol. The number of hydrogen-bond acceptors (Lipinski definition) is 3. The fourth-order valence-electron chi connectivity index (χ4n) is 1.45. The molecule has 1 aromatic heterocycles. The molecule has 15 heavy (non-hydrogen) atoms. The molecule has 4 heteroatoms. The highest BCUT2D eigenvalue weighted by Crippen LogP contribution is 2.22. The zero-order chi connectivity index (χ0) is 10.8. The first-order valence-corrected chi connectivity index (χ1v) is 4.41. The summed E-state index contributed by atoms with van der Waals surface area (Å²) in [6.07, 6.45) is 0. The minimum absolute atomic E-state index is 0.337. The standard InChI is InChI=1S/C11H9FO3/c1-14-8-2-3-9-7(6-12)4-11(13)15-10(9)5-8/h2-5H,6H2,1H3. The van der Waals surface area contributed by atoms with Crippen molar-refractivity contribution in [2.75, 3.05) is 7.11 Å². The van der Waals surface area contributed by atoms with Crippen LogP contribution in [0.1, 0.15) is 5.56 Å². The van der Waals surface area contributed by atoms with E-state index in [0.29, 0.717) is 22.3 Å². The van der Waals surface area contributed by atoms with Gasteiger partial charge in [-0.1, -0.05) is 0 Å². The van der Waals surface area contributed by atoms with Crippen LogP contribution in [0, 0.1) is 0 Å². The van der Waals surface area contributed by atoms with E-state index in [9.17, 15) is 9.18 Å². The third kappa shape index (κ3) is 1.70. The third-order valence-corrected chi connectivity index (χ3v) is 2.18. The maximum Gasteiger partial charge on any atom is 0.336 e. The van der Waals surface area contributed by atoms with E-state index < -0.39 is 12.3 Å². The molecular weight excluding hydrogens is 199 g/mol. The first kappa shape index (κ1) is 9.71. The monoisotopic (exact) mass is 208 g/mol. The molecule has 3 nitrogen and oxygen atoms in total. The Labute approximate surface area is 85.1 Å². The topological polar surface area (TPSA) is 39.4 Å². The third-order valence-electron chi connectivity index (χ3n) is 2.18. The molecule has 0 aliphatic carbocycles. The Morgan fingerprint density at radius 1 is 1.40 bits per heavy atom. The molecule has 78 valence electrons. The summed E-state index contributed by atoms with van der Waals surface area (Å²) < 4.78 is 22.5. The highest BCUT2D eigenvalue weighted by atomic mass is 19.1. The summed E-state index contributed by atoms with van der Waals surface area (Å²) in [7, 11) is 1.51. The number of hydrogen-bond donors (Lipinski definition) is 0. The molecule has 0 aliphatic rings. The van der Waals surface area contributed by atoms with E-state index in [1.54, 1.807) is 18.2 Å². The molecule has 2 aromatic rings. The van der Waals surface area contributed by atoms with E-state index in [1.165, 1.54) is 7.11 Å². The Balaban J connectivity index is 2.78. The van der Waals surface area contributed by atoms with Gasteiger partial charge in [0, 0.05) is 23.1 Å². The number of ether oxygens (including phenoxy) is 1. The van der Waals surface area contributed by atoms with Crippen LogP contribution >= 0.6 is 0 Å². The molecule has 0 radical (unpaired) electrons. The number of alkyl halides is 1. The minimum atomic E-state index is -0.686. The Hall–Kier alpha value is -1.84. The summed E-state index contributed by atoms with van der Waals surface area (Å²) in [6, 6.07) is 6.10. The second-order valence-electron chi connectivity index (χ2n) is 3.09. The summed E-state index contributed by atoms with van der Waals surface area (Å²) in [5.74, 6) is 0.571. The van der Waals surface area contributed by atoms with Crippen molar-refractivity contribution in [3.8, 4) is 5.75 Å². The van der Waals surface area contributed by atoms with Crippen molar-refractivity contribution >= 4 is 11.0 Å². The van der Waals surface area contributed by atoms with Crippen molar-refractivity contribution in [2.45, 2.75) is 6.67 Å². The molecule has 0 fully saturated rings. The second kappa shape index (κ2) is 3.73. The first-order chi connectivity index (χ1) is 7.24. The van der Waals surface area contributed by atoms with Gasteiger partial charge < -0.3 is 9.15 Å². The van der Waals surface area contributed by atoms with E-state index in [1.807, 2.05) is 0 Å². The van der Waals surface area contributed by atoms with Crippen LogP contribution in [0.3, 0.4) is 0 Å². The number of rotatable bonds is 2. The van der Waals surface area contributed by atoms with Gasteiger partial charge in [-0.05, 0) is 12.1 Å². The van der Waals surface area contributed by atoms with E-state index >= 15 is 0 Å². The van der Waals surface area contributed by atoms with Crippen LogP contribution in [0.5, 0.6) is 5.75 Å². The molecule has 1 heterocycles. The smallest absolute Gasteiger partial charge is 0.336 e. The Morgan fingerprint density at radius 2 is 2.20 bits per heavy atom. The minimum Gasteiger partial charge on any atom is -0.497 e. The van der Waals surface area contributed by atoms with Crippen LogP contribution in [0.25, 0.3) is 11.0 Å². The van der Waals surface area contributed by atoms with E-state index in [2.05, 4.69) is 0 Å². The lowest BCUT2D eigenvalue weighted by atomic mass is 10.1. The second-order valence-corrected chi connectivity index (χ2v) is 3.09. The zero-order valence-electron chi connectivity index (χ0n) is 8.12. The van der Waals surface area contributed by atoms with Gasteiger partial charge in [0.05, 0.1) is 7.11 Å². The lowest BCUT2D eigenvalue weighted by Gasteiger charge is -2.03. The van der Waals surface area contributed by atoms with Crippen LogP contribution in [-0.4, -0.2) is 7.11 Å². The fraction of sp³-hybridized carbons (Fsp3) is 0.182. The molecule has 0 saturated heterocycles. The van der Waals surface area contributed by atoms with Crippen LogP contribution in [-0.2, 0) is 6.67 Å². The normalized spacial score (nSPS) is 10.5. The van der Waals surface area contributed by atoms with Crippen LogP contribution < -0.4 is 10.4 Å². The van der Waals surface area contributed by atoms with Crippen molar-refractivity contribution < 1.29 is 13.5 Å². The number of halogens is 1. The molecule has 0 amide bonds. The molecule has 0 aliphatic heterocycles. The van der Waals surface area contributed by atoms with E-state index in [0.717, 1.165) is 6.07 Å². The van der Waals surface area contributed by atoms with Crippen LogP contribution in [0.2, 0.25) is 0 Å². The summed E-state index contributed by atoms with van der Waals surface area (Å²) in [5, 5.41) is 0.595. The summed E-state index contributed by atoms with van der Waals surface area (Å²) >= 11 is 0. The van der Waals surface area contributed by atoms with E-state index in [4.69, 9.17) is 9.15 Å². The van der Waals surface area contributed by atoms with Gasteiger partial charge in [-0.25, -0.2) is 9.18 Å².